The van der Waals surface area contributed by atoms with Crippen LogP contribution in [0.1, 0.15) is 0 Å². The molecule has 0 amide bonds. The first-order chi connectivity index (χ1) is 6.09. The van der Waals surface area contributed by atoms with Gasteiger partial charge in [-0.15, -0.1) is 0 Å². The molecule has 13 heavy (non-hydrogen) atoms. The molecule has 0 aliphatic rings. The predicted molar refractivity (Wildman–Crippen MR) is 47.5 cm³/mol. The van der Waals surface area contributed by atoms with E-state index < -0.39 is 5.43 Å². The molecule has 0 fully saturated rings. The van der Waals surface area contributed by atoms with E-state index in [4.69, 9.17) is 11.6 Å². The van der Waals surface area contributed by atoms with Crippen LogP contribution in [0.4, 0.5) is 10.5 Å². The van der Waals surface area contributed by atoms with Gasteiger partial charge in [0.25, 0.3) is 5.69 Å². The minimum atomic E-state index is -0.900. The SMILES string of the molecule is C[N+](=O)c1ccc(OC(=O)Cl)cc1. The maximum atomic E-state index is 10.8. The monoisotopic (exact) mass is 200 g/mol. The number of nitroso groups, excluding NO2 is 1. The van der Waals surface area contributed by atoms with Gasteiger partial charge < -0.3 is 4.74 Å². The molecule has 1 rings (SSSR count). The number of hydrogen-bond donors (Lipinski definition) is 0. The van der Waals surface area contributed by atoms with E-state index in [2.05, 4.69) is 4.74 Å². The van der Waals surface area contributed by atoms with Crippen molar-refractivity contribution in [3.05, 3.63) is 29.2 Å². The van der Waals surface area contributed by atoms with E-state index in [1.807, 2.05) is 0 Å². The van der Waals surface area contributed by atoms with Crippen molar-refractivity contribution < 1.29 is 14.3 Å². The maximum Gasteiger partial charge on any atom is 0.409 e. The third-order valence-corrected chi connectivity index (χ3v) is 1.48. The van der Waals surface area contributed by atoms with Gasteiger partial charge in [0.1, 0.15) is 5.75 Å². The van der Waals surface area contributed by atoms with Crippen molar-refractivity contribution in [3.63, 3.8) is 0 Å². The number of ether oxygens (including phenoxy) is 1. The van der Waals surface area contributed by atoms with Gasteiger partial charge in [0.2, 0.25) is 0 Å². The molecule has 0 radical (unpaired) electrons. The number of halogens is 1. The van der Waals surface area contributed by atoms with Crippen LogP contribution in [0.15, 0.2) is 24.3 Å². The summed E-state index contributed by atoms with van der Waals surface area (Å²) in [6.07, 6.45) is 0. The van der Waals surface area contributed by atoms with Crippen molar-refractivity contribution >= 4 is 22.7 Å². The van der Waals surface area contributed by atoms with Crippen molar-refractivity contribution in [2.45, 2.75) is 0 Å². The molecule has 0 heterocycles. The average Bonchev–Trinajstić information content (AvgIpc) is 2.04. The van der Waals surface area contributed by atoms with Crippen molar-refractivity contribution in [2.24, 2.45) is 0 Å². The van der Waals surface area contributed by atoms with Gasteiger partial charge in [0.15, 0.2) is 7.05 Å². The summed E-state index contributed by atoms with van der Waals surface area (Å²) in [5, 5.41) is 0. The number of rotatable bonds is 2. The van der Waals surface area contributed by atoms with Gasteiger partial charge in [-0.25, -0.2) is 4.79 Å². The van der Waals surface area contributed by atoms with E-state index in [0.29, 0.717) is 16.2 Å². The molecule has 0 saturated carbocycles. The first kappa shape index (κ1) is 9.67. The largest absolute Gasteiger partial charge is 0.414 e. The van der Waals surface area contributed by atoms with E-state index in [-0.39, 0.29) is 0 Å². The maximum absolute atomic E-state index is 10.8. The van der Waals surface area contributed by atoms with Gasteiger partial charge in [-0.2, -0.15) is 0 Å². The van der Waals surface area contributed by atoms with E-state index in [1.165, 1.54) is 31.3 Å². The quantitative estimate of drug-likeness (QED) is 0.544. The molecule has 0 aliphatic heterocycles. The van der Waals surface area contributed by atoms with Gasteiger partial charge in [0, 0.05) is 33.4 Å². The highest BCUT2D eigenvalue weighted by Crippen LogP contribution is 2.17. The van der Waals surface area contributed by atoms with Crippen LogP contribution in [-0.2, 0) is 0 Å². The predicted octanol–water partition coefficient (Wildman–Crippen LogP) is 2.46. The molecular weight excluding hydrogens is 194 g/mol. The Labute approximate surface area is 79.6 Å². The lowest BCUT2D eigenvalue weighted by Gasteiger charge is -1.96. The van der Waals surface area contributed by atoms with Crippen LogP contribution >= 0.6 is 11.6 Å². The first-order valence-corrected chi connectivity index (χ1v) is 3.85. The molecule has 4 nitrogen and oxygen atoms in total. The average molecular weight is 201 g/mol. The summed E-state index contributed by atoms with van der Waals surface area (Å²) in [6, 6.07) is 6.04. The second kappa shape index (κ2) is 4.00. The topological polar surface area (TPSA) is 46.4 Å². The summed E-state index contributed by atoms with van der Waals surface area (Å²) < 4.78 is 5.26. The lowest BCUT2D eigenvalue weighted by molar-refractivity contribution is -0.428. The van der Waals surface area contributed by atoms with Crippen LogP contribution in [0.3, 0.4) is 0 Å². The third-order valence-electron chi connectivity index (χ3n) is 1.40. The molecule has 0 unspecified atom stereocenters. The van der Waals surface area contributed by atoms with Crippen LogP contribution in [0.25, 0.3) is 0 Å². The van der Waals surface area contributed by atoms with E-state index in [1.54, 1.807) is 0 Å². The van der Waals surface area contributed by atoms with Crippen LogP contribution < -0.4 is 4.74 Å². The summed E-state index contributed by atoms with van der Waals surface area (Å²) in [5.41, 5.74) is -0.419. The summed E-state index contributed by atoms with van der Waals surface area (Å²) in [4.78, 5) is 21.1. The normalized spacial score (nSPS) is 9.38. The number of nitrogens with zero attached hydrogens (tertiary/aromatic N) is 1. The summed E-state index contributed by atoms with van der Waals surface area (Å²) in [5.74, 6) is 0.311. The highest BCUT2D eigenvalue weighted by molar-refractivity contribution is 6.61. The number of carbonyl (C=O) groups excluding carboxylic acids is 1. The van der Waals surface area contributed by atoms with Crippen LogP contribution in [0.5, 0.6) is 5.75 Å². The second-order valence-corrected chi connectivity index (χ2v) is 2.64. The molecule has 1 aromatic carbocycles. The summed E-state index contributed by atoms with van der Waals surface area (Å²) >= 11 is 4.98. The summed E-state index contributed by atoms with van der Waals surface area (Å²) in [6.45, 7) is 0. The number of hydrogen-bond acceptors (Lipinski definition) is 3. The van der Waals surface area contributed by atoms with Crippen molar-refractivity contribution in [2.75, 3.05) is 7.05 Å². The van der Waals surface area contributed by atoms with E-state index in [0.717, 1.165) is 0 Å². The zero-order valence-electron chi connectivity index (χ0n) is 6.86. The Balaban J connectivity index is 2.81. The molecule has 0 N–H and O–H groups in total. The van der Waals surface area contributed by atoms with Crippen LogP contribution in [0.2, 0.25) is 0 Å². The Bertz CT molecular complexity index is 334. The second-order valence-electron chi connectivity index (χ2n) is 2.33. The van der Waals surface area contributed by atoms with E-state index in [9.17, 15) is 9.70 Å². The molecule has 5 heteroatoms. The molecule has 1 aromatic rings. The van der Waals surface area contributed by atoms with Crippen LogP contribution in [-0.4, -0.2) is 17.2 Å². The number of carbonyl (C=O) groups is 1. The zero-order chi connectivity index (χ0) is 9.84. The minimum absolute atomic E-state index is 0.311. The fourth-order valence-corrected chi connectivity index (χ4v) is 0.906. The molecule has 0 spiro atoms. The van der Waals surface area contributed by atoms with Gasteiger partial charge in [-0.3, -0.25) is 0 Å². The Morgan fingerprint density at radius 2 is 1.92 bits per heavy atom. The smallest absolute Gasteiger partial charge is 0.409 e. The highest BCUT2D eigenvalue weighted by Gasteiger charge is 2.06. The molecule has 0 aromatic heterocycles. The molecule has 0 saturated heterocycles. The van der Waals surface area contributed by atoms with Gasteiger partial charge in [-0.05, 0) is 12.1 Å². The van der Waals surface area contributed by atoms with Gasteiger partial charge >= 0.3 is 5.43 Å². The first-order valence-electron chi connectivity index (χ1n) is 3.48. The Morgan fingerprint density at radius 1 is 1.38 bits per heavy atom. The molecule has 0 atom stereocenters. The molecule has 0 bridgehead atoms. The van der Waals surface area contributed by atoms with Gasteiger partial charge in [-0.1, -0.05) is 0 Å². The van der Waals surface area contributed by atoms with Crippen molar-refractivity contribution in [1.82, 2.24) is 0 Å². The highest BCUT2D eigenvalue weighted by atomic mass is 35.5. The molecule has 0 aliphatic carbocycles. The Morgan fingerprint density at radius 3 is 2.31 bits per heavy atom. The fourth-order valence-electron chi connectivity index (χ4n) is 0.817. The third kappa shape index (κ3) is 2.83. The van der Waals surface area contributed by atoms with Gasteiger partial charge in [0.05, 0.1) is 0 Å². The summed E-state index contributed by atoms with van der Waals surface area (Å²) in [7, 11) is 1.38. The standard InChI is InChI=1S/C8H7ClNO3/c1-10(12)6-2-4-7(5-3-6)13-8(9)11/h2-5H,1H3/q+1. The van der Waals surface area contributed by atoms with Crippen molar-refractivity contribution in [3.8, 4) is 5.75 Å². The Hall–Kier alpha value is -1.42. The number of benzene rings is 1. The Kier molecular flexibility index (Phi) is 2.97. The van der Waals surface area contributed by atoms with Crippen LogP contribution in [0, 0.1) is 4.91 Å². The lowest BCUT2D eigenvalue weighted by atomic mass is 10.3. The van der Waals surface area contributed by atoms with E-state index >= 15 is 0 Å². The lowest BCUT2D eigenvalue weighted by Crippen LogP contribution is -1.96. The molecular formula is C8H7ClNO3+. The van der Waals surface area contributed by atoms with Crippen molar-refractivity contribution in [1.29, 1.82) is 0 Å². The zero-order valence-corrected chi connectivity index (χ0v) is 7.62. The molecule has 68 valence electrons. The fraction of sp³-hybridized carbons (Fsp3) is 0.125. The minimum Gasteiger partial charge on any atom is -0.414 e.